The van der Waals surface area contributed by atoms with Crippen molar-refractivity contribution in [3.63, 3.8) is 0 Å². The monoisotopic (exact) mass is 395 g/mol. The lowest BCUT2D eigenvalue weighted by atomic mass is 10.1. The summed E-state index contributed by atoms with van der Waals surface area (Å²) in [6.45, 7) is 0. The topological polar surface area (TPSA) is 4.93 Å². The summed E-state index contributed by atoms with van der Waals surface area (Å²) in [5.41, 5.74) is 5.47. The van der Waals surface area contributed by atoms with Gasteiger partial charge in [-0.2, -0.15) is 0 Å². The van der Waals surface area contributed by atoms with Crippen molar-refractivity contribution in [3.05, 3.63) is 115 Å². The van der Waals surface area contributed by atoms with E-state index in [0.29, 0.717) is 0 Å². The van der Waals surface area contributed by atoms with E-state index in [1.165, 1.54) is 27.5 Å². The minimum absolute atomic E-state index is 0.230. The molecule has 2 heterocycles. The number of halogens is 1. The quantitative estimate of drug-likeness (QED) is 0.294. The standard InChI is InChI=1S/C26H18FNS/c27-21-11-13-22(14-12-21)28-23(19-7-3-1-4-8-19)15-16-24(28)26-18-17-25(29-26)20-9-5-2-6-10-20/h1-18H. The zero-order valence-electron chi connectivity index (χ0n) is 15.6. The molecule has 0 atom stereocenters. The fourth-order valence-electron chi connectivity index (χ4n) is 3.56. The van der Waals surface area contributed by atoms with E-state index in [2.05, 4.69) is 65.2 Å². The molecule has 0 saturated heterocycles. The van der Waals surface area contributed by atoms with E-state index < -0.39 is 0 Å². The predicted octanol–water partition coefficient (Wildman–Crippen LogP) is 7.68. The van der Waals surface area contributed by atoms with Crippen LogP contribution in [0.5, 0.6) is 0 Å². The van der Waals surface area contributed by atoms with Gasteiger partial charge in [0.15, 0.2) is 0 Å². The van der Waals surface area contributed by atoms with Crippen LogP contribution >= 0.6 is 11.3 Å². The highest BCUT2D eigenvalue weighted by Gasteiger charge is 2.15. The van der Waals surface area contributed by atoms with Crippen molar-refractivity contribution in [1.29, 1.82) is 0 Å². The average molecular weight is 396 g/mol. The van der Waals surface area contributed by atoms with Gasteiger partial charge in [0.2, 0.25) is 0 Å². The number of rotatable bonds is 4. The average Bonchev–Trinajstić information content (AvgIpc) is 3.43. The largest absolute Gasteiger partial charge is 0.308 e. The Balaban J connectivity index is 1.67. The maximum Gasteiger partial charge on any atom is 0.123 e. The van der Waals surface area contributed by atoms with Gasteiger partial charge in [-0.05, 0) is 59.7 Å². The molecule has 0 aliphatic carbocycles. The molecule has 0 radical (unpaired) electrons. The second kappa shape index (κ2) is 7.53. The van der Waals surface area contributed by atoms with Crippen LogP contribution in [0, 0.1) is 5.82 Å². The molecule has 0 fully saturated rings. The number of benzene rings is 3. The highest BCUT2D eigenvalue weighted by atomic mass is 32.1. The third kappa shape index (κ3) is 3.41. The molecule has 0 spiro atoms. The highest BCUT2D eigenvalue weighted by Crippen LogP contribution is 2.38. The second-order valence-corrected chi connectivity index (χ2v) is 7.90. The molecule has 0 N–H and O–H groups in total. The van der Waals surface area contributed by atoms with Gasteiger partial charge in [-0.3, -0.25) is 0 Å². The van der Waals surface area contributed by atoms with Crippen LogP contribution in [-0.2, 0) is 0 Å². The molecule has 5 aromatic rings. The van der Waals surface area contributed by atoms with Crippen LogP contribution in [0.2, 0.25) is 0 Å². The molecule has 0 amide bonds. The summed E-state index contributed by atoms with van der Waals surface area (Å²) in [6, 6.07) is 36.0. The summed E-state index contributed by atoms with van der Waals surface area (Å²) in [4.78, 5) is 2.41. The van der Waals surface area contributed by atoms with Crippen LogP contribution in [-0.4, -0.2) is 4.57 Å². The lowest BCUT2D eigenvalue weighted by Crippen LogP contribution is -1.98. The fraction of sp³-hybridized carbons (Fsp3) is 0. The summed E-state index contributed by atoms with van der Waals surface area (Å²) in [6.07, 6.45) is 0. The second-order valence-electron chi connectivity index (χ2n) is 6.81. The van der Waals surface area contributed by atoms with Crippen LogP contribution in [0.4, 0.5) is 4.39 Å². The van der Waals surface area contributed by atoms with Gasteiger partial charge < -0.3 is 4.57 Å². The van der Waals surface area contributed by atoms with Gasteiger partial charge in [-0.15, -0.1) is 11.3 Å². The first-order chi connectivity index (χ1) is 14.3. The molecule has 0 aliphatic rings. The van der Waals surface area contributed by atoms with Crippen molar-refractivity contribution in [2.45, 2.75) is 0 Å². The van der Waals surface area contributed by atoms with E-state index in [-0.39, 0.29) is 5.82 Å². The first kappa shape index (κ1) is 17.7. The first-order valence-corrected chi connectivity index (χ1v) is 10.3. The first-order valence-electron chi connectivity index (χ1n) is 9.48. The molecular formula is C26H18FNS. The van der Waals surface area contributed by atoms with Crippen LogP contribution in [0.25, 0.3) is 38.0 Å². The summed E-state index contributed by atoms with van der Waals surface area (Å²) < 4.78 is 15.8. The normalized spacial score (nSPS) is 10.9. The van der Waals surface area contributed by atoms with Crippen molar-refractivity contribution < 1.29 is 4.39 Å². The van der Waals surface area contributed by atoms with Crippen molar-refractivity contribution in [2.75, 3.05) is 0 Å². The van der Waals surface area contributed by atoms with Crippen molar-refractivity contribution in [3.8, 4) is 38.0 Å². The molecular weight excluding hydrogens is 377 g/mol. The number of thiophene rings is 1. The van der Waals surface area contributed by atoms with E-state index in [1.807, 2.05) is 36.4 Å². The molecule has 0 saturated carbocycles. The summed E-state index contributed by atoms with van der Waals surface area (Å²) in [5, 5.41) is 0. The maximum absolute atomic E-state index is 13.6. The summed E-state index contributed by atoms with van der Waals surface area (Å²) in [5.74, 6) is -0.230. The molecule has 3 heteroatoms. The SMILES string of the molecule is Fc1ccc(-n2c(-c3ccccc3)ccc2-c2ccc(-c3ccccc3)s2)cc1. The Morgan fingerprint density at radius 1 is 0.517 bits per heavy atom. The number of nitrogens with zero attached hydrogens (tertiary/aromatic N) is 1. The lowest BCUT2D eigenvalue weighted by molar-refractivity contribution is 0.627. The van der Waals surface area contributed by atoms with E-state index in [9.17, 15) is 4.39 Å². The fourth-order valence-corrected chi connectivity index (χ4v) is 4.59. The van der Waals surface area contributed by atoms with Gasteiger partial charge in [0.05, 0.1) is 16.3 Å². The molecule has 0 aliphatic heterocycles. The third-order valence-corrected chi connectivity index (χ3v) is 6.11. The van der Waals surface area contributed by atoms with Gasteiger partial charge in [-0.1, -0.05) is 60.7 Å². The van der Waals surface area contributed by atoms with Gasteiger partial charge >= 0.3 is 0 Å². The summed E-state index contributed by atoms with van der Waals surface area (Å²) in [7, 11) is 0. The zero-order chi connectivity index (χ0) is 19.6. The number of hydrogen-bond donors (Lipinski definition) is 0. The molecule has 0 bridgehead atoms. The molecule has 0 unspecified atom stereocenters. The van der Waals surface area contributed by atoms with Gasteiger partial charge in [0, 0.05) is 10.6 Å². The minimum Gasteiger partial charge on any atom is -0.308 e. The predicted molar refractivity (Wildman–Crippen MR) is 120 cm³/mol. The van der Waals surface area contributed by atoms with E-state index in [4.69, 9.17) is 0 Å². The van der Waals surface area contributed by atoms with Gasteiger partial charge in [-0.25, -0.2) is 4.39 Å². The Morgan fingerprint density at radius 2 is 1.10 bits per heavy atom. The van der Waals surface area contributed by atoms with Crippen molar-refractivity contribution in [1.82, 2.24) is 4.57 Å². The van der Waals surface area contributed by atoms with E-state index in [0.717, 1.165) is 22.6 Å². The highest BCUT2D eigenvalue weighted by molar-refractivity contribution is 7.18. The number of hydrogen-bond acceptors (Lipinski definition) is 1. The van der Waals surface area contributed by atoms with Crippen LogP contribution in [0.1, 0.15) is 0 Å². The lowest BCUT2D eigenvalue weighted by Gasteiger charge is -2.13. The molecule has 2 aromatic heterocycles. The maximum atomic E-state index is 13.6. The Kier molecular flexibility index (Phi) is 4.59. The molecule has 3 aromatic carbocycles. The van der Waals surface area contributed by atoms with Crippen LogP contribution < -0.4 is 0 Å². The van der Waals surface area contributed by atoms with Crippen molar-refractivity contribution >= 4 is 11.3 Å². The number of aromatic nitrogens is 1. The summed E-state index contributed by atoms with van der Waals surface area (Å²) >= 11 is 1.76. The molecule has 1 nitrogen and oxygen atoms in total. The van der Waals surface area contributed by atoms with Gasteiger partial charge in [0.25, 0.3) is 0 Å². The smallest absolute Gasteiger partial charge is 0.123 e. The Hall–Kier alpha value is -3.43. The molecule has 29 heavy (non-hydrogen) atoms. The van der Waals surface area contributed by atoms with Crippen LogP contribution in [0.3, 0.4) is 0 Å². The molecule has 5 rings (SSSR count). The zero-order valence-corrected chi connectivity index (χ0v) is 16.4. The van der Waals surface area contributed by atoms with E-state index in [1.54, 1.807) is 11.3 Å². The third-order valence-electron chi connectivity index (χ3n) is 4.95. The van der Waals surface area contributed by atoms with Crippen molar-refractivity contribution in [2.24, 2.45) is 0 Å². The van der Waals surface area contributed by atoms with Crippen LogP contribution in [0.15, 0.2) is 109 Å². The minimum atomic E-state index is -0.230. The molecule has 140 valence electrons. The Labute approximate surface area is 173 Å². The van der Waals surface area contributed by atoms with E-state index >= 15 is 0 Å². The Bertz CT molecular complexity index is 1240. The van der Waals surface area contributed by atoms with Gasteiger partial charge in [0.1, 0.15) is 5.82 Å². The Morgan fingerprint density at radius 3 is 1.79 bits per heavy atom.